The number of rotatable bonds is 6. The third-order valence-corrected chi connectivity index (χ3v) is 3.91. The molecule has 0 aliphatic heterocycles. The summed E-state index contributed by atoms with van der Waals surface area (Å²) in [6, 6.07) is 8.30. The van der Waals surface area contributed by atoms with E-state index in [1.807, 2.05) is 0 Å². The van der Waals surface area contributed by atoms with Gasteiger partial charge in [0.2, 0.25) is 0 Å². The molecule has 2 N–H and O–H groups in total. The van der Waals surface area contributed by atoms with Gasteiger partial charge in [0.25, 0.3) is 0 Å². The van der Waals surface area contributed by atoms with Gasteiger partial charge in [-0.3, -0.25) is 4.57 Å². The molecule has 0 spiro atoms. The van der Waals surface area contributed by atoms with Crippen LogP contribution in [0.1, 0.15) is 19.4 Å². The largest absolute Gasteiger partial charge is 0.343 e. The number of aromatic amines is 1. The second-order valence-corrected chi connectivity index (χ2v) is 6.18. The van der Waals surface area contributed by atoms with Crippen LogP contribution in [0.15, 0.2) is 39.1 Å². The Morgan fingerprint density at radius 3 is 2.60 bits per heavy atom. The number of hydrogen-bond acceptors (Lipinski definition) is 4. The zero-order chi connectivity index (χ0) is 14.5. The van der Waals surface area contributed by atoms with Crippen molar-refractivity contribution in [3.8, 4) is 0 Å². The van der Waals surface area contributed by atoms with Gasteiger partial charge in [0.15, 0.2) is 5.16 Å². The van der Waals surface area contributed by atoms with E-state index >= 15 is 0 Å². The monoisotopic (exact) mass is 292 g/mol. The molecule has 5 nitrogen and oxygen atoms in total. The quantitative estimate of drug-likeness (QED) is 0.855. The van der Waals surface area contributed by atoms with E-state index in [4.69, 9.17) is 0 Å². The Labute approximate surface area is 122 Å². The van der Waals surface area contributed by atoms with Crippen LogP contribution in [0, 0.1) is 5.92 Å². The normalized spacial score (nSPS) is 11.2. The van der Waals surface area contributed by atoms with Gasteiger partial charge in [-0.25, -0.2) is 9.89 Å². The molecule has 0 radical (unpaired) electrons. The molecule has 0 bridgehead atoms. The summed E-state index contributed by atoms with van der Waals surface area (Å²) < 4.78 is 1.50. The van der Waals surface area contributed by atoms with Crippen LogP contribution < -0.4 is 11.0 Å². The molecule has 0 amide bonds. The number of nitrogens with one attached hydrogen (secondary N) is 2. The number of benzene rings is 1. The SMILES string of the molecule is CC(C)CNCc1ccc(Sc2n[nH]c(=O)n2C)cc1. The van der Waals surface area contributed by atoms with Crippen LogP contribution in [0.4, 0.5) is 0 Å². The third-order valence-electron chi connectivity index (χ3n) is 2.85. The van der Waals surface area contributed by atoms with E-state index in [0.717, 1.165) is 18.0 Å². The minimum atomic E-state index is -0.193. The summed E-state index contributed by atoms with van der Waals surface area (Å²) >= 11 is 1.47. The summed E-state index contributed by atoms with van der Waals surface area (Å²) in [6.45, 7) is 6.29. The Morgan fingerprint density at radius 1 is 1.35 bits per heavy atom. The highest BCUT2D eigenvalue weighted by Gasteiger charge is 2.06. The lowest BCUT2D eigenvalue weighted by molar-refractivity contribution is 0.552. The maximum absolute atomic E-state index is 11.3. The van der Waals surface area contributed by atoms with Gasteiger partial charge in [-0.05, 0) is 41.9 Å². The van der Waals surface area contributed by atoms with Gasteiger partial charge in [0, 0.05) is 18.5 Å². The van der Waals surface area contributed by atoms with Crippen molar-refractivity contribution in [3.63, 3.8) is 0 Å². The van der Waals surface area contributed by atoms with Gasteiger partial charge in [-0.1, -0.05) is 26.0 Å². The Hall–Kier alpha value is -1.53. The van der Waals surface area contributed by atoms with E-state index in [-0.39, 0.29) is 5.69 Å². The molecule has 0 aliphatic rings. The molecule has 0 atom stereocenters. The predicted molar refractivity (Wildman–Crippen MR) is 80.9 cm³/mol. The van der Waals surface area contributed by atoms with E-state index in [2.05, 4.69) is 53.6 Å². The van der Waals surface area contributed by atoms with Crippen molar-refractivity contribution >= 4 is 11.8 Å². The van der Waals surface area contributed by atoms with E-state index in [1.165, 1.54) is 21.9 Å². The van der Waals surface area contributed by atoms with Crippen LogP contribution >= 0.6 is 11.8 Å². The van der Waals surface area contributed by atoms with Crippen molar-refractivity contribution in [2.45, 2.75) is 30.4 Å². The topological polar surface area (TPSA) is 62.7 Å². The fraction of sp³-hybridized carbons (Fsp3) is 0.429. The summed E-state index contributed by atoms with van der Waals surface area (Å²) in [4.78, 5) is 12.3. The van der Waals surface area contributed by atoms with Gasteiger partial charge in [0.1, 0.15) is 0 Å². The lowest BCUT2D eigenvalue weighted by atomic mass is 10.2. The van der Waals surface area contributed by atoms with Crippen molar-refractivity contribution in [3.05, 3.63) is 40.3 Å². The van der Waals surface area contributed by atoms with Crippen LogP contribution in [0.3, 0.4) is 0 Å². The summed E-state index contributed by atoms with van der Waals surface area (Å²) in [7, 11) is 1.71. The molecule has 0 fully saturated rings. The summed E-state index contributed by atoms with van der Waals surface area (Å²) in [6.07, 6.45) is 0. The van der Waals surface area contributed by atoms with Crippen molar-refractivity contribution in [1.82, 2.24) is 20.1 Å². The Bertz CT molecular complexity index is 600. The molecular weight excluding hydrogens is 272 g/mol. The highest BCUT2D eigenvalue weighted by atomic mass is 32.2. The third kappa shape index (κ3) is 3.98. The standard InChI is InChI=1S/C14H20N4OS/c1-10(2)8-15-9-11-4-6-12(7-5-11)20-14-17-16-13(19)18(14)3/h4-7,10,15H,8-9H2,1-3H3,(H,16,19). The number of aromatic nitrogens is 3. The number of H-pyrrole nitrogens is 1. The van der Waals surface area contributed by atoms with Crippen LogP contribution in [0.2, 0.25) is 0 Å². The second kappa shape index (κ2) is 6.76. The zero-order valence-corrected chi connectivity index (χ0v) is 12.8. The van der Waals surface area contributed by atoms with Gasteiger partial charge in [-0.15, -0.1) is 5.10 Å². The lowest BCUT2D eigenvalue weighted by Crippen LogP contribution is -2.18. The maximum atomic E-state index is 11.3. The van der Waals surface area contributed by atoms with Gasteiger partial charge in [-0.2, -0.15) is 0 Å². The molecular formula is C14H20N4OS. The Balaban J connectivity index is 1.94. The van der Waals surface area contributed by atoms with Crippen molar-refractivity contribution in [1.29, 1.82) is 0 Å². The highest BCUT2D eigenvalue weighted by molar-refractivity contribution is 7.99. The Morgan fingerprint density at radius 2 is 2.05 bits per heavy atom. The molecule has 0 unspecified atom stereocenters. The molecule has 20 heavy (non-hydrogen) atoms. The van der Waals surface area contributed by atoms with Gasteiger partial charge < -0.3 is 5.32 Å². The van der Waals surface area contributed by atoms with Gasteiger partial charge in [0.05, 0.1) is 0 Å². The van der Waals surface area contributed by atoms with Crippen molar-refractivity contribution in [2.75, 3.05) is 6.54 Å². The van der Waals surface area contributed by atoms with E-state index in [9.17, 15) is 4.79 Å². The first-order valence-corrected chi connectivity index (χ1v) is 7.47. The summed E-state index contributed by atoms with van der Waals surface area (Å²) in [5, 5.41) is 10.5. The molecule has 1 heterocycles. The van der Waals surface area contributed by atoms with Crippen LogP contribution in [-0.2, 0) is 13.6 Å². The maximum Gasteiger partial charge on any atom is 0.343 e. The number of nitrogens with zero attached hydrogens (tertiary/aromatic N) is 2. The minimum absolute atomic E-state index is 0.193. The molecule has 1 aromatic carbocycles. The number of hydrogen-bond donors (Lipinski definition) is 2. The fourth-order valence-electron chi connectivity index (χ4n) is 1.71. The smallest absolute Gasteiger partial charge is 0.312 e. The average molecular weight is 292 g/mol. The molecule has 1 aromatic heterocycles. The molecule has 2 aromatic rings. The summed E-state index contributed by atoms with van der Waals surface area (Å²) in [5.41, 5.74) is 1.06. The Kier molecular flexibility index (Phi) is 5.03. The molecule has 0 aliphatic carbocycles. The van der Waals surface area contributed by atoms with E-state index < -0.39 is 0 Å². The zero-order valence-electron chi connectivity index (χ0n) is 12.0. The molecule has 0 saturated heterocycles. The fourth-order valence-corrected chi connectivity index (χ4v) is 2.50. The first-order chi connectivity index (χ1) is 9.56. The van der Waals surface area contributed by atoms with Crippen molar-refractivity contribution in [2.24, 2.45) is 13.0 Å². The van der Waals surface area contributed by atoms with Crippen LogP contribution in [-0.4, -0.2) is 21.3 Å². The first-order valence-electron chi connectivity index (χ1n) is 6.65. The highest BCUT2D eigenvalue weighted by Crippen LogP contribution is 2.24. The van der Waals surface area contributed by atoms with E-state index in [0.29, 0.717) is 11.1 Å². The molecule has 6 heteroatoms. The molecule has 2 rings (SSSR count). The second-order valence-electron chi connectivity index (χ2n) is 5.14. The first kappa shape index (κ1) is 14.9. The summed E-state index contributed by atoms with van der Waals surface area (Å²) in [5.74, 6) is 0.658. The lowest BCUT2D eigenvalue weighted by Gasteiger charge is -2.08. The van der Waals surface area contributed by atoms with Crippen molar-refractivity contribution < 1.29 is 0 Å². The van der Waals surface area contributed by atoms with Crippen LogP contribution in [0.5, 0.6) is 0 Å². The van der Waals surface area contributed by atoms with E-state index in [1.54, 1.807) is 7.05 Å². The van der Waals surface area contributed by atoms with Gasteiger partial charge >= 0.3 is 5.69 Å². The minimum Gasteiger partial charge on any atom is -0.312 e. The molecule has 108 valence electrons. The molecule has 0 saturated carbocycles. The van der Waals surface area contributed by atoms with Crippen LogP contribution in [0.25, 0.3) is 0 Å². The average Bonchev–Trinajstić information content (AvgIpc) is 2.72. The predicted octanol–water partition coefficient (Wildman–Crippen LogP) is 2.01.